The summed E-state index contributed by atoms with van der Waals surface area (Å²) in [6.45, 7) is 8.64. The van der Waals surface area contributed by atoms with Crippen molar-refractivity contribution in [1.82, 2.24) is 0 Å². The number of aryl methyl sites for hydroxylation is 1. The lowest BCUT2D eigenvalue weighted by Crippen LogP contribution is -2.34. The van der Waals surface area contributed by atoms with Crippen LogP contribution < -0.4 is 4.90 Å². The van der Waals surface area contributed by atoms with Gasteiger partial charge in [-0.1, -0.05) is 17.7 Å². The van der Waals surface area contributed by atoms with Crippen LogP contribution in [-0.2, 0) is 9.53 Å². The molecule has 1 rings (SSSR count). The second kappa shape index (κ2) is 6.40. The van der Waals surface area contributed by atoms with E-state index in [0.29, 0.717) is 6.54 Å². The molecule has 0 fully saturated rings. The van der Waals surface area contributed by atoms with E-state index in [9.17, 15) is 4.79 Å². The maximum absolute atomic E-state index is 12.0. The van der Waals surface area contributed by atoms with Crippen LogP contribution >= 0.6 is 0 Å². The van der Waals surface area contributed by atoms with E-state index in [2.05, 4.69) is 0 Å². The van der Waals surface area contributed by atoms with E-state index in [1.165, 1.54) is 5.56 Å². The van der Waals surface area contributed by atoms with Gasteiger partial charge in [0.15, 0.2) is 0 Å². The summed E-state index contributed by atoms with van der Waals surface area (Å²) in [7, 11) is 0. The van der Waals surface area contributed by atoms with Gasteiger partial charge >= 0.3 is 0 Å². The Balaban J connectivity index is 2.70. The van der Waals surface area contributed by atoms with E-state index < -0.39 is 0 Å². The number of hydrogen-bond acceptors (Lipinski definition) is 2. The van der Waals surface area contributed by atoms with Gasteiger partial charge in [0.2, 0.25) is 0 Å². The number of hydrogen-bond donors (Lipinski definition) is 0. The van der Waals surface area contributed by atoms with E-state index in [1.54, 1.807) is 4.90 Å². The lowest BCUT2D eigenvalue weighted by Gasteiger charge is -2.21. The Labute approximate surface area is 103 Å². The largest absolute Gasteiger partial charge is 0.369 e. The minimum absolute atomic E-state index is 0.00468. The molecule has 0 saturated carbocycles. The molecule has 0 aliphatic carbocycles. The first kappa shape index (κ1) is 13.7. The van der Waals surface area contributed by atoms with Crippen molar-refractivity contribution in [2.75, 3.05) is 18.1 Å². The fourth-order valence-electron chi connectivity index (χ4n) is 1.54. The Bertz CT molecular complexity index is 357. The molecule has 1 aromatic rings. The lowest BCUT2D eigenvalue weighted by molar-refractivity contribution is -0.124. The first-order valence-corrected chi connectivity index (χ1v) is 6.03. The molecule has 0 N–H and O–H groups in total. The van der Waals surface area contributed by atoms with Crippen molar-refractivity contribution in [3.63, 3.8) is 0 Å². The summed E-state index contributed by atoms with van der Waals surface area (Å²) < 4.78 is 5.34. The Kier molecular flexibility index (Phi) is 5.16. The lowest BCUT2D eigenvalue weighted by atomic mass is 10.2. The summed E-state index contributed by atoms with van der Waals surface area (Å²) in [6.07, 6.45) is 0.0793. The van der Waals surface area contributed by atoms with Crippen LogP contribution in [0.3, 0.4) is 0 Å². The van der Waals surface area contributed by atoms with Crippen molar-refractivity contribution < 1.29 is 9.53 Å². The predicted molar refractivity (Wildman–Crippen MR) is 70.3 cm³/mol. The topological polar surface area (TPSA) is 29.5 Å². The highest BCUT2D eigenvalue weighted by atomic mass is 16.5. The highest BCUT2D eigenvalue weighted by Crippen LogP contribution is 2.15. The molecule has 0 aliphatic rings. The third-order valence-corrected chi connectivity index (χ3v) is 2.50. The van der Waals surface area contributed by atoms with Gasteiger partial charge in [-0.2, -0.15) is 0 Å². The molecule has 1 amide bonds. The van der Waals surface area contributed by atoms with E-state index in [4.69, 9.17) is 4.74 Å². The number of benzene rings is 1. The van der Waals surface area contributed by atoms with Crippen molar-refractivity contribution in [3.05, 3.63) is 29.8 Å². The van der Waals surface area contributed by atoms with Gasteiger partial charge in [-0.15, -0.1) is 0 Å². The first-order chi connectivity index (χ1) is 8.04. The smallest absolute Gasteiger partial charge is 0.252 e. The zero-order valence-electron chi connectivity index (χ0n) is 11.1. The molecule has 0 saturated heterocycles. The Hall–Kier alpha value is -1.35. The molecule has 3 nitrogen and oxygen atoms in total. The molecular weight excluding hydrogens is 214 g/mol. The SMILES string of the molecule is CCN(C(=O)COC(C)C)c1ccc(C)cc1. The van der Waals surface area contributed by atoms with Gasteiger partial charge in [0.25, 0.3) is 5.91 Å². The van der Waals surface area contributed by atoms with Crippen LogP contribution in [0.15, 0.2) is 24.3 Å². The van der Waals surface area contributed by atoms with E-state index >= 15 is 0 Å². The molecule has 0 bridgehead atoms. The number of amides is 1. The van der Waals surface area contributed by atoms with Crippen LogP contribution in [0.5, 0.6) is 0 Å². The number of ether oxygens (including phenoxy) is 1. The van der Waals surface area contributed by atoms with Crippen molar-refractivity contribution in [1.29, 1.82) is 0 Å². The van der Waals surface area contributed by atoms with Gasteiger partial charge in [-0.3, -0.25) is 4.79 Å². The molecule has 0 aromatic heterocycles. The van der Waals surface area contributed by atoms with Crippen LogP contribution in [-0.4, -0.2) is 25.2 Å². The molecule has 0 spiro atoms. The molecule has 0 heterocycles. The van der Waals surface area contributed by atoms with Gasteiger partial charge in [0.1, 0.15) is 6.61 Å². The van der Waals surface area contributed by atoms with Gasteiger partial charge in [-0.25, -0.2) is 0 Å². The van der Waals surface area contributed by atoms with E-state index in [-0.39, 0.29) is 18.6 Å². The van der Waals surface area contributed by atoms with E-state index in [0.717, 1.165) is 5.69 Å². The van der Waals surface area contributed by atoms with Crippen molar-refractivity contribution >= 4 is 11.6 Å². The van der Waals surface area contributed by atoms with Gasteiger partial charge in [-0.05, 0) is 39.8 Å². The standard InChI is InChI=1S/C14H21NO2/c1-5-15(14(16)10-17-11(2)3)13-8-6-12(4)7-9-13/h6-9,11H,5,10H2,1-4H3. The zero-order valence-corrected chi connectivity index (χ0v) is 11.1. The van der Waals surface area contributed by atoms with Crippen molar-refractivity contribution in [3.8, 4) is 0 Å². The molecule has 0 atom stereocenters. The van der Waals surface area contributed by atoms with Crippen LogP contribution in [0.2, 0.25) is 0 Å². The molecular formula is C14H21NO2. The quantitative estimate of drug-likeness (QED) is 0.785. The molecule has 94 valence electrons. The van der Waals surface area contributed by atoms with Crippen LogP contribution in [0.1, 0.15) is 26.3 Å². The molecule has 3 heteroatoms. The molecule has 0 aliphatic heterocycles. The molecule has 0 unspecified atom stereocenters. The fourth-order valence-corrected chi connectivity index (χ4v) is 1.54. The van der Waals surface area contributed by atoms with Crippen molar-refractivity contribution in [2.45, 2.75) is 33.8 Å². The summed E-state index contributed by atoms with van der Waals surface area (Å²) >= 11 is 0. The average Bonchev–Trinajstić information content (AvgIpc) is 2.30. The van der Waals surface area contributed by atoms with Gasteiger partial charge in [0.05, 0.1) is 6.10 Å². The Morgan fingerprint density at radius 3 is 2.35 bits per heavy atom. The highest BCUT2D eigenvalue weighted by molar-refractivity contribution is 5.94. The van der Waals surface area contributed by atoms with Gasteiger partial charge in [0, 0.05) is 12.2 Å². The first-order valence-electron chi connectivity index (χ1n) is 6.03. The summed E-state index contributed by atoms with van der Waals surface area (Å²) in [5, 5.41) is 0. The second-order valence-corrected chi connectivity index (χ2v) is 4.33. The van der Waals surface area contributed by atoms with Crippen LogP contribution in [0.4, 0.5) is 5.69 Å². The summed E-state index contributed by atoms with van der Waals surface area (Å²) in [6, 6.07) is 7.95. The fraction of sp³-hybridized carbons (Fsp3) is 0.500. The molecule has 17 heavy (non-hydrogen) atoms. The third-order valence-electron chi connectivity index (χ3n) is 2.50. The van der Waals surface area contributed by atoms with Crippen LogP contribution in [0, 0.1) is 6.92 Å². The monoisotopic (exact) mass is 235 g/mol. The molecule has 0 radical (unpaired) electrons. The number of likely N-dealkylation sites (N-methyl/N-ethyl adjacent to an activating group) is 1. The van der Waals surface area contributed by atoms with E-state index in [1.807, 2.05) is 52.0 Å². The van der Waals surface area contributed by atoms with Crippen molar-refractivity contribution in [2.24, 2.45) is 0 Å². The predicted octanol–water partition coefficient (Wildman–Crippen LogP) is 2.77. The number of anilines is 1. The maximum atomic E-state index is 12.0. The minimum atomic E-state index is 0.00468. The Morgan fingerprint density at radius 2 is 1.88 bits per heavy atom. The zero-order chi connectivity index (χ0) is 12.8. The third kappa shape index (κ3) is 4.19. The summed E-state index contributed by atoms with van der Waals surface area (Å²) in [4.78, 5) is 13.7. The summed E-state index contributed by atoms with van der Waals surface area (Å²) in [5.41, 5.74) is 2.12. The normalized spacial score (nSPS) is 10.6. The summed E-state index contributed by atoms with van der Waals surface area (Å²) in [5.74, 6) is 0.00468. The number of carbonyl (C=O) groups is 1. The minimum Gasteiger partial charge on any atom is -0.369 e. The van der Waals surface area contributed by atoms with Gasteiger partial charge < -0.3 is 9.64 Å². The highest BCUT2D eigenvalue weighted by Gasteiger charge is 2.14. The second-order valence-electron chi connectivity index (χ2n) is 4.33. The maximum Gasteiger partial charge on any atom is 0.252 e. The molecule has 1 aromatic carbocycles. The Morgan fingerprint density at radius 1 is 1.29 bits per heavy atom. The number of nitrogens with zero attached hydrogens (tertiary/aromatic N) is 1. The van der Waals surface area contributed by atoms with Crippen LogP contribution in [0.25, 0.3) is 0 Å². The average molecular weight is 235 g/mol. The number of carbonyl (C=O) groups excluding carboxylic acids is 1. The number of rotatable bonds is 5.